The first kappa shape index (κ1) is 11.7. The number of rotatable bonds is 2. The summed E-state index contributed by atoms with van der Waals surface area (Å²) in [4.78, 5) is 16.0. The number of hydrogen-bond acceptors (Lipinski definition) is 3. The van der Waals surface area contributed by atoms with Gasteiger partial charge < -0.3 is 11.1 Å². The van der Waals surface area contributed by atoms with Crippen molar-refractivity contribution in [1.82, 2.24) is 4.98 Å². The van der Waals surface area contributed by atoms with Gasteiger partial charge in [0.15, 0.2) is 0 Å². The second kappa shape index (κ2) is 4.72. The minimum absolute atomic E-state index is 0.162. The Balaban J connectivity index is 1.77. The van der Waals surface area contributed by atoms with Crippen LogP contribution in [0.4, 0.5) is 11.5 Å². The zero-order chi connectivity index (χ0) is 13.2. The van der Waals surface area contributed by atoms with E-state index < -0.39 is 0 Å². The standard InChI is InChI=1S/C15H15N3O/c16-14-7-5-12(9-17-14)15(19)18-13-6-4-10-2-1-3-11(10)8-13/h4-9H,1-3H2,(H2,16,17)(H,18,19). The van der Waals surface area contributed by atoms with Crippen molar-refractivity contribution in [3.63, 3.8) is 0 Å². The van der Waals surface area contributed by atoms with Gasteiger partial charge in [0.2, 0.25) is 0 Å². The summed E-state index contributed by atoms with van der Waals surface area (Å²) in [5.41, 5.74) is 9.58. The summed E-state index contributed by atoms with van der Waals surface area (Å²) in [7, 11) is 0. The number of benzene rings is 1. The number of nitrogens with two attached hydrogens (primary N) is 1. The molecule has 1 heterocycles. The van der Waals surface area contributed by atoms with E-state index in [0.29, 0.717) is 11.4 Å². The average Bonchev–Trinajstić information content (AvgIpc) is 2.87. The van der Waals surface area contributed by atoms with Gasteiger partial charge in [-0.25, -0.2) is 4.98 Å². The van der Waals surface area contributed by atoms with Gasteiger partial charge in [-0.3, -0.25) is 4.79 Å². The third-order valence-electron chi connectivity index (χ3n) is 3.40. The highest BCUT2D eigenvalue weighted by Crippen LogP contribution is 2.25. The molecule has 0 radical (unpaired) electrons. The van der Waals surface area contributed by atoms with Crippen molar-refractivity contribution >= 4 is 17.4 Å². The van der Waals surface area contributed by atoms with Crippen LogP contribution >= 0.6 is 0 Å². The van der Waals surface area contributed by atoms with E-state index in [1.165, 1.54) is 23.7 Å². The molecule has 3 N–H and O–H groups in total. The lowest BCUT2D eigenvalue weighted by molar-refractivity contribution is 0.102. The molecule has 1 aromatic heterocycles. The van der Waals surface area contributed by atoms with E-state index in [1.54, 1.807) is 12.1 Å². The van der Waals surface area contributed by atoms with Crippen molar-refractivity contribution in [2.24, 2.45) is 0 Å². The van der Waals surface area contributed by atoms with E-state index in [9.17, 15) is 4.79 Å². The molecule has 0 spiro atoms. The lowest BCUT2D eigenvalue weighted by Gasteiger charge is -2.07. The molecule has 0 saturated carbocycles. The van der Waals surface area contributed by atoms with Crippen LogP contribution < -0.4 is 11.1 Å². The van der Waals surface area contributed by atoms with Crippen molar-refractivity contribution in [3.8, 4) is 0 Å². The van der Waals surface area contributed by atoms with Crippen LogP contribution in [-0.4, -0.2) is 10.9 Å². The Morgan fingerprint density at radius 1 is 1.16 bits per heavy atom. The van der Waals surface area contributed by atoms with E-state index in [4.69, 9.17) is 5.73 Å². The smallest absolute Gasteiger partial charge is 0.257 e. The quantitative estimate of drug-likeness (QED) is 0.863. The monoisotopic (exact) mass is 253 g/mol. The molecule has 4 nitrogen and oxygen atoms in total. The molecule has 19 heavy (non-hydrogen) atoms. The summed E-state index contributed by atoms with van der Waals surface area (Å²) in [5.74, 6) is 0.250. The minimum Gasteiger partial charge on any atom is -0.384 e. The van der Waals surface area contributed by atoms with Crippen LogP contribution in [-0.2, 0) is 12.8 Å². The molecule has 96 valence electrons. The number of carbonyl (C=O) groups excluding carboxylic acids is 1. The Morgan fingerprint density at radius 3 is 2.79 bits per heavy atom. The molecule has 0 saturated heterocycles. The number of nitrogens with one attached hydrogen (secondary N) is 1. The molecule has 3 rings (SSSR count). The first-order valence-electron chi connectivity index (χ1n) is 6.37. The highest BCUT2D eigenvalue weighted by atomic mass is 16.1. The maximum Gasteiger partial charge on any atom is 0.257 e. The molecule has 1 aliphatic rings. The van der Waals surface area contributed by atoms with Crippen LogP contribution in [0.25, 0.3) is 0 Å². The van der Waals surface area contributed by atoms with Crippen LogP contribution in [0.3, 0.4) is 0 Å². The summed E-state index contributed by atoms with van der Waals surface area (Å²) in [6.07, 6.45) is 4.93. The number of pyridine rings is 1. The van der Waals surface area contributed by atoms with Gasteiger partial charge in [-0.1, -0.05) is 6.07 Å². The Bertz CT molecular complexity index is 620. The summed E-state index contributed by atoms with van der Waals surface area (Å²) < 4.78 is 0. The van der Waals surface area contributed by atoms with Crippen molar-refractivity contribution in [2.45, 2.75) is 19.3 Å². The lowest BCUT2D eigenvalue weighted by Crippen LogP contribution is -2.12. The first-order valence-corrected chi connectivity index (χ1v) is 6.37. The van der Waals surface area contributed by atoms with Gasteiger partial charge in [-0.2, -0.15) is 0 Å². The number of hydrogen-bond donors (Lipinski definition) is 2. The molecule has 1 aliphatic carbocycles. The van der Waals surface area contributed by atoms with E-state index in [-0.39, 0.29) is 5.91 Å². The van der Waals surface area contributed by atoms with Crippen molar-refractivity contribution in [2.75, 3.05) is 11.1 Å². The number of aryl methyl sites for hydroxylation is 2. The van der Waals surface area contributed by atoms with Crippen molar-refractivity contribution < 1.29 is 4.79 Å². The van der Waals surface area contributed by atoms with Crippen LogP contribution in [0.2, 0.25) is 0 Å². The fourth-order valence-electron chi connectivity index (χ4n) is 2.39. The molecule has 0 aliphatic heterocycles. The van der Waals surface area contributed by atoms with E-state index >= 15 is 0 Å². The summed E-state index contributed by atoms with van der Waals surface area (Å²) in [5, 5.41) is 2.89. The molecule has 2 aromatic rings. The Labute approximate surface area is 111 Å². The number of amides is 1. The van der Waals surface area contributed by atoms with Crippen molar-refractivity contribution in [1.29, 1.82) is 0 Å². The zero-order valence-electron chi connectivity index (χ0n) is 10.5. The molecule has 0 unspecified atom stereocenters. The van der Waals surface area contributed by atoms with E-state index in [1.807, 2.05) is 6.07 Å². The Morgan fingerprint density at radius 2 is 2.00 bits per heavy atom. The van der Waals surface area contributed by atoms with Gasteiger partial charge in [0, 0.05) is 11.9 Å². The lowest BCUT2D eigenvalue weighted by atomic mass is 10.1. The Hall–Kier alpha value is -2.36. The number of fused-ring (bicyclic) bond motifs is 1. The van der Waals surface area contributed by atoms with Gasteiger partial charge in [-0.15, -0.1) is 0 Å². The molecular formula is C15H15N3O. The molecule has 0 atom stereocenters. The number of carbonyl (C=O) groups is 1. The molecular weight excluding hydrogens is 238 g/mol. The SMILES string of the molecule is Nc1ccc(C(=O)Nc2ccc3c(c2)CCC3)cn1. The van der Waals surface area contributed by atoms with Gasteiger partial charge in [0.25, 0.3) is 5.91 Å². The number of nitrogens with zero attached hydrogens (tertiary/aromatic N) is 1. The largest absolute Gasteiger partial charge is 0.384 e. The second-order valence-electron chi connectivity index (χ2n) is 4.76. The van der Waals surface area contributed by atoms with E-state index in [0.717, 1.165) is 18.5 Å². The molecule has 1 aromatic carbocycles. The molecule has 0 bridgehead atoms. The summed E-state index contributed by atoms with van der Waals surface area (Å²) in [6.45, 7) is 0. The third-order valence-corrected chi connectivity index (χ3v) is 3.40. The number of aromatic nitrogens is 1. The molecule has 4 heteroatoms. The first-order chi connectivity index (χ1) is 9.22. The van der Waals surface area contributed by atoms with Crippen LogP contribution in [0.1, 0.15) is 27.9 Å². The molecule has 1 amide bonds. The Kier molecular flexibility index (Phi) is 2.91. The fraction of sp³-hybridized carbons (Fsp3) is 0.200. The summed E-state index contributed by atoms with van der Waals surface area (Å²) in [6, 6.07) is 9.40. The van der Waals surface area contributed by atoms with Gasteiger partial charge >= 0.3 is 0 Å². The third kappa shape index (κ3) is 2.42. The maximum absolute atomic E-state index is 12.0. The fourth-order valence-corrected chi connectivity index (χ4v) is 2.39. The predicted octanol–water partition coefficient (Wildman–Crippen LogP) is 2.40. The average molecular weight is 253 g/mol. The topological polar surface area (TPSA) is 68.0 Å². The molecule has 0 fully saturated rings. The maximum atomic E-state index is 12.0. The highest BCUT2D eigenvalue weighted by molar-refractivity contribution is 6.04. The van der Waals surface area contributed by atoms with Gasteiger partial charge in [0.05, 0.1) is 5.56 Å². The minimum atomic E-state index is -0.162. The number of anilines is 2. The number of nitrogen functional groups attached to an aromatic ring is 1. The van der Waals surface area contributed by atoms with Gasteiger partial charge in [-0.05, 0) is 54.7 Å². The normalized spacial score (nSPS) is 13.1. The zero-order valence-corrected chi connectivity index (χ0v) is 10.5. The van der Waals surface area contributed by atoms with Crippen LogP contribution in [0.5, 0.6) is 0 Å². The highest BCUT2D eigenvalue weighted by Gasteiger charge is 2.12. The van der Waals surface area contributed by atoms with Gasteiger partial charge in [0.1, 0.15) is 5.82 Å². The second-order valence-corrected chi connectivity index (χ2v) is 4.76. The van der Waals surface area contributed by atoms with Crippen molar-refractivity contribution in [3.05, 3.63) is 53.2 Å². The van der Waals surface area contributed by atoms with Crippen LogP contribution in [0, 0.1) is 0 Å². The summed E-state index contributed by atoms with van der Waals surface area (Å²) >= 11 is 0. The predicted molar refractivity (Wildman–Crippen MR) is 75.1 cm³/mol. The van der Waals surface area contributed by atoms with Crippen LogP contribution in [0.15, 0.2) is 36.5 Å². The van der Waals surface area contributed by atoms with E-state index in [2.05, 4.69) is 22.4 Å².